The van der Waals surface area contributed by atoms with Crippen LogP contribution in [0.3, 0.4) is 0 Å². The number of halogens is 1. The van der Waals surface area contributed by atoms with Gasteiger partial charge in [-0.1, -0.05) is 42.5 Å². The number of piperazine rings is 1. The molecule has 4 rings (SSSR count). The summed E-state index contributed by atoms with van der Waals surface area (Å²) in [5, 5.41) is 2.90. The van der Waals surface area contributed by atoms with Crippen molar-refractivity contribution in [3.8, 4) is 0 Å². The number of nitrogens with one attached hydrogen (secondary N) is 1. The number of rotatable bonds is 6. The van der Waals surface area contributed by atoms with Crippen LogP contribution in [0.25, 0.3) is 0 Å². The molecule has 1 N–H and O–H groups in total. The third-order valence-electron chi connectivity index (χ3n) is 5.23. The van der Waals surface area contributed by atoms with Gasteiger partial charge in [-0.15, -0.1) is 0 Å². The minimum atomic E-state index is -0.189. The summed E-state index contributed by atoms with van der Waals surface area (Å²) in [6.07, 6.45) is 2.05. The van der Waals surface area contributed by atoms with Crippen LogP contribution in [0.15, 0.2) is 72.9 Å². The van der Waals surface area contributed by atoms with Crippen molar-refractivity contribution in [3.05, 3.63) is 89.9 Å². The first kappa shape index (κ1) is 20.0. The summed E-state index contributed by atoms with van der Waals surface area (Å²) in [6.45, 7) is 4.27. The molecular formula is C24H25FN4O. The maximum absolute atomic E-state index is 13.4. The van der Waals surface area contributed by atoms with Gasteiger partial charge in [-0.3, -0.25) is 9.69 Å². The maximum atomic E-state index is 13.4. The number of aromatic nitrogens is 1. The second-order valence-corrected chi connectivity index (χ2v) is 7.51. The van der Waals surface area contributed by atoms with E-state index >= 15 is 0 Å². The summed E-state index contributed by atoms with van der Waals surface area (Å²) in [5.74, 6) is 0.662. The molecule has 0 bridgehead atoms. The van der Waals surface area contributed by atoms with Crippen molar-refractivity contribution >= 4 is 17.4 Å². The summed E-state index contributed by atoms with van der Waals surface area (Å²) >= 11 is 0. The first-order chi connectivity index (χ1) is 14.7. The molecular weight excluding hydrogens is 379 g/mol. The molecule has 5 nitrogen and oxygen atoms in total. The fourth-order valence-electron chi connectivity index (χ4n) is 3.66. The Labute approximate surface area is 176 Å². The Hall–Kier alpha value is -3.25. The zero-order chi connectivity index (χ0) is 20.8. The van der Waals surface area contributed by atoms with Crippen LogP contribution in [0.2, 0.25) is 0 Å². The summed E-state index contributed by atoms with van der Waals surface area (Å²) in [5.41, 5.74) is 2.68. The lowest BCUT2D eigenvalue weighted by Crippen LogP contribution is -2.46. The molecule has 1 aromatic heterocycles. The Balaban J connectivity index is 1.27. The highest BCUT2D eigenvalue weighted by molar-refractivity contribution is 5.92. The van der Waals surface area contributed by atoms with Gasteiger partial charge in [0.2, 0.25) is 5.91 Å². The first-order valence-electron chi connectivity index (χ1n) is 10.2. The van der Waals surface area contributed by atoms with Gasteiger partial charge in [-0.05, 0) is 35.4 Å². The number of anilines is 2. The third-order valence-corrected chi connectivity index (χ3v) is 5.23. The van der Waals surface area contributed by atoms with Crippen LogP contribution in [-0.4, -0.2) is 42.0 Å². The van der Waals surface area contributed by atoms with Crippen LogP contribution in [-0.2, 0) is 17.8 Å². The number of hydrogen-bond acceptors (Lipinski definition) is 4. The highest BCUT2D eigenvalue weighted by Crippen LogP contribution is 2.18. The molecule has 3 aromatic rings. The van der Waals surface area contributed by atoms with Crippen molar-refractivity contribution < 1.29 is 9.18 Å². The maximum Gasteiger partial charge on any atom is 0.228 e. The summed E-state index contributed by atoms with van der Waals surface area (Å²) in [4.78, 5) is 21.3. The molecule has 1 amide bonds. The molecule has 1 fully saturated rings. The summed E-state index contributed by atoms with van der Waals surface area (Å²) in [6, 6.07) is 20.3. The highest BCUT2D eigenvalue weighted by atomic mass is 19.1. The SMILES string of the molecule is O=C(Cc1ccccc1)Nc1ccc(N2CCN(Cc3cccc(F)c3)CC2)nc1. The number of nitrogens with zero attached hydrogens (tertiary/aromatic N) is 3. The van der Waals surface area contributed by atoms with Crippen molar-refractivity contribution in [2.24, 2.45) is 0 Å². The number of benzene rings is 2. The van der Waals surface area contributed by atoms with Crippen LogP contribution < -0.4 is 10.2 Å². The monoisotopic (exact) mass is 404 g/mol. The topological polar surface area (TPSA) is 48.5 Å². The molecule has 1 aliphatic heterocycles. The van der Waals surface area contributed by atoms with E-state index in [0.29, 0.717) is 12.1 Å². The van der Waals surface area contributed by atoms with Gasteiger partial charge < -0.3 is 10.2 Å². The fraction of sp³-hybridized carbons (Fsp3) is 0.250. The molecule has 2 aromatic carbocycles. The Morgan fingerprint density at radius 1 is 0.933 bits per heavy atom. The van der Waals surface area contributed by atoms with Gasteiger partial charge in [-0.25, -0.2) is 9.37 Å². The number of carbonyl (C=O) groups is 1. The molecule has 0 radical (unpaired) electrons. The van der Waals surface area contributed by atoms with E-state index in [0.717, 1.165) is 49.7 Å². The second-order valence-electron chi connectivity index (χ2n) is 7.51. The van der Waals surface area contributed by atoms with E-state index in [4.69, 9.17) is 0 Å². The molecule has 154 valence electrons. The lowest BCUT2D eigenvalue weighted by Gasteiger charge is -2.35. The molecule has 1 saturated heterocycles. The molecule has 0 spiro atoms. The quantitative estimate of drug-likeness (QED) is 0.680. The smallest absolute Gasteiger partial charge is 0.228 e. The van der Waals surface area contributed by atoms with Crippen molar-refractivity contribution in [2.75, 3.05) is 36.4 Å². The summed E-state index contributed by atoms with van der Waals surface area (Å²) in [7, 11) is 0. The Kier molecular flexibility index (Phi) is 6.35. The van der Waals surface area contributed by atoms with Crippen LogP contribution in [0.5, 0.6) is 0 Å². The van der Waals surface area contributed by atoms with E-state index in [9.17, 15) is 9.18 Å². The van der Waals surface area contributed by atoms with E-state index in [1.807, 2.05) is 48.5 Å². The lowest BCUT2D eigenvalue weighted by atomic mass is 10.1. The number of carbonyl (C=O) groups excluding carboxylic acids is 1. The van der Waals surface area contributed by atoms with Crippen molar-refractivity contribution in [1.82, 2.24) is 9.88 Å². The highest BCUT2D eigenvalue weighted by Gasteiger charge is 2.18. The average molecular weight is 404 g/mol. The van der Waals surface area contributed by atoms with Crippen molar-refractivity contribution in [2.45, 2.75) is 13.0 Å². The van der Waals surface area contributed by atoms with Gasteiger partial charge in [0.15, 0.2) is 0 Å². The minimum Gasteiger partial charge on any atom is -0.354 e. The van der Waals surface area contributed by atoms with E-state index in [2.05, 4.69) is 20.1 Å². The number of amides is 1. The standard InChI is InChI=1S/C24H25FN4O/c25-21-8-4-7-20(15-21)18-28-11-13-29(14-12-28)23-10-9-22(17-26-23)27-24(30)16-19-5-2-1-3-6-19/h1-10,15,17H,11-14,16,18H2,(H,27,30). The van der Waals surface area contributed by atoms with Gasteiger partial charge in [0.1, 0.15) is 11.6 Å². The molecule has 30 heavy (non-hydrogen) atoms. The van der Waals surface area contributed by atoms with Gasteiger partial charge >= 0.3 is 0 Å². The van der Waals surface area contributed by atoms with Crippen LogP contribution in [0, 0.1) is 5.82 Å². The van der Waals surface area contributed by atoms with Crippen LogP contribution in [0.1, 0.15) is 11.1 Å². The largest absolute Gasteiger partial charge is 0.354 e. The van der Waals surface area contributed by atoms with Crippen LogP contribution in [0.4, 0.5) is 15.9 Å². The van der Waals surface area contributed by atoms with E-state index in [-0.39, 0.29) is 11.7 Å². The Morgan fingerprint density at radius 3 is 2.40 bits per heavy atom. The Bertz CT molecular complexity index is 970. The molecule has 0 saturated carbocycles. The second kappa shape index (κ2) is 9.50. The van der Waals surface area contributed by atoms with E-state index in [1.165, 1.54) is 6.07 Å². The van der Waals surface area contributed by atoms with Crippen molar-refractivity contribution in [3.63, 3.8) is 0 Å². The molecule has 1 aliphatic rings. The van der Waals surface area contributed by atoms with E-state index in [1.54, 1.807) is 18.3 Å². The fourth-order valence-corrected chi connectivity index (χ4v) is 3.66. The van der Waals surface area contributed by atoms with Crippen molar-refractivity contribution in [1.29, 1.82) is 0 Å². The average Bonchev–Trinajstić information content (AvgIpc) is 2.76. The molecule has 6 heteroatoms. The van der Waals surface area contributed by atoms with Gasteiger partial charge in [-0.2, -0.15) is 0 Å². The zero-order valence-corrected chi connectivity index (χ0v) is 16.8. The zero-order valence-electron chi connectivity index (χ0n) is 16.8. The lowest BCUT2D eigenvalue weighted by molar-refractivity contribution is -0.115. The van der Waals surface area contributed by atoms with Gasteiger partial charge in [0.05, 0.1) is 18.3 Å². The predicted octanol–water partition coefficient (Wildman–Crippen LogP) is 3.72. The molecule has 0 unspecified atom stereocenters. The summed E-state index contributed by atoms with van der Waals surface area (Å²) < 4.78 is 13.4. The third kappa shape index (κ3) is 5.42. The molecule has 2 heterocycles. The normalized spacial score (nSPS) is 14.5. The number of pyridine rings is 1. The van der Waals surface area contributed by atoms with Gasteiger partial charge in [0, 0.05) is 32.7 Å². The first-order valence-corrected chi connectivity index (χ1v) is 10.2. The van der Waals surface area contributed by atoms with E-state index < -0.39 is 0 Å². The Morgan fingerprint density at radius 2 is 1.70 bits per heavy atom. The molecule has 0 atom stereocenters. The van der Waals surface area contributed by atoms with Crippen LogP contribution >= 0.6 is 0 Å². The molecule has 0 aliphatic carbocycles. The van der Waals surface area contributed by atoms with Gasteiger partial charge in [0.25, 0.3) is 0 Å². The number of hydrogen-bond donors (Lipinski definition) is 1. The minimum absolute atomic E-state index is 0.0540. The predicted molar refractivity (Wildman–Crippen MR) is 117 cm³/mol.